The zero-order valence-electron chi connectivity index (χ0n) is 11.4. The SMILES string of the molecule is COc1ccc(Cn2cc(C(C)=O)nc2C(F)(F)F)cc1. The average Bonchev–Trinajstić information content (AvgIpc) is 2.84. The minimum absolute atomic E-state index is 0.0287. The van der Waals surface area contributed by atoms with Crippen molar-refractivity contribution in [3.05, 3.63) is 47.5 Å². The van der Waals surface area contributed by atoms with Crippen molar-refractivity contribution in [1.29, 1.82) is 0 Å². The average molecular weight is 298 g/mol. The molecule has 0 atom stereocenters. The van der Waals surface area contributed by atoms with E-state index < -0.39 is 17.8 Å². The van der Waals surface area contributed by atoms with E-state index >= 15 is 0 Å². The van der Waals surface area contributed by atoms with Crippen molar-refractivity contribution in [2.75, 3.05) is 7.11 Å². The first-order chi connectivity index (χ1) is 9.81. The van der Waals surface area contributed by atoms with Crippen LogP contribution < -0.4 is 4.74 Å². The molecule has 0 amide bonds. The van der Waals surface area contributed by atoms with Gasteiger partial charge in [0.25, 0.3) is 0 Å². The number of imidazole rings is 1. The maximum atomic E-state index is 12.9. The number of nitrogens with zero attached hydrogens (tertiary/aromatic N) is 2. The molecule has 0 N–H and O–H groups in total. The molecule has 112 valence electrons. The van der Waals surface area contributed by atoms with Crippen molar-refractivity contribution in [3.63, 3.8) is 0 Å². The maximum Gasteiger partial charge on any atom is 0.449 e. The Morgan fingerprint density at radius 3 is 2.38 bits per heavy atom. The van der Waals surface area contributed by atoms with E-state index in [1.165, 1.54) is 14.0 Å². The lowest BCUT2D eigenvalue weighted by molar-refractivity contribution is -0.147. The number of carbonyl (C=O) groups excluding carboxylic acids is 1. The molecule has 0 saturated heterocycles. The second-order valence-corrected chi connectivity index (χ2v) is 4.48. The lowest BCUT2D eigenvalue weighted by atomic mass is 10.2. The Morgan fingerprint density at radius 2 is 1.90 bits per heavy atom. The number of rotatable bonds is 4. The molecule has 7 heteroatoms. The van der Waals surface area contributed by atoms with Crippen LogP contribution in [0.3, 0.4) is 0 Å². The summed E-state index contributed by atoms with van der Waals surface area (Å²) < 4.78 is 44.7. The van der Waals surface area contributed by atoms with Crippen molar-refractivity contribution in [1.82, 2.24) is 9.55 Å². The zero-order chi connectivity index (χ0) is 15.6. The van der Waals surface area contributed by atoms with Crippen LogP contribution >= 0.6 is 0 Å². The van der Waals surface area contributed by atoms with Gasteiger partial charge in [-0.05, 0) is 17.7 Å². The van der Waals surface area contributed by atoms with Crippen molar-refractivity contribution in [2.24, 2.45) is 0 Å². The van der Waals surface area contributed by atoms with E-state index in [1.54, 1.807) is 24.3 Å². The third-order valence-electron chi connectivity index (χ3n) is 2.90. The number of benzene rings is 1. The number of Topliss-reactive ketones (excluding diaryl/α,β-unsaturated/α-hetero) is 1. The van der Waals surface area contributed by atoms with Crippen LogP contribution in [0.25, 0.3) is 0 Å². The Morgan fingerprint density at radius 1 is 1.29 bits per heavy atom. The molecule has 0 unspecified atom stereocenters. The van der Waals surface area contributed by atoms with Gasteiger partial charge in [0.2, 0.25) is 5.82 Å². The molecule has 4 nitrogen and oxygen atoms in total. The number of ether oxygens (including phenoxy) is 1. The van der Waals surface area contributed by atoms with Gasteiger partial charge in [0.1, 0.15) is 11.4 Å². The fourth-order valence-electron chi connectivity index (χ4n) is 1.86. The molecule has 0 bridgehead atoms. The van der Waals surface area contributed by atoms with Crippen molar-refractivity contribution < 1.29 is 22.7 Å². The molecule has 2 aromatic rings. The molecule has 1 aromatic carbocycles. The van der Waals surface area contributed by atoms with Crippen LogP contribution in [0.1, 0.15) is 28.8 Å². The van der Waals surface area contributed by atoms with Gasteiger partial charge >= 0.3 is 6.18 Å². The van der Waals surface area contributed by atoms with Crippen LogP contribution in [0.5, 0.6) is 5.75 Å². The van der Waals surface area contributed by atoms with Gasteiger partial charge in [-0.25, -0.2) is 4.98 Å². The van der Waals surface area contributed by atoms with E-state index in [9.17, 15) is 18.0 Å². The number of alkyl halides is 3. The van der Waals surface area contributed by atoms with Crippen LogP contribution in [-0.2, 0) is 12.7 Å². The highest BCUT2D eigenvalue weighted by Crippen LogP contribution is 2.29. The van der Waals surface area contributed by atoms with Crippen LogP contribution in [0.4, 0.5) is 13.2 Å². The summed E-state index contributed by atoms with van der Waals surface area (Å²) in [6.07, 6.45) is -3.49. The summed E-state index contributed by atoms with van der Waals surface area (Å²) in [5.74, 6) is -0.970. The quantitative estimate of drug-likeness (QED) is 0.814. The van der Waals surface area contributed by atoms with E-state index in [4.69, 9.17) is 4.74 Å². The summed E-state index contributed by atoms with van der Waals surface area (Å²) in [7, 11) is 1.51. The summed E-state index contributed by atoms with van der Waals surface area (Å²) in [6, 6.07) is 6.63. The predicted octanol–water partition coefficient (Wildman–Crippen LogP) is 3.16. The number of ketones is 1. The standard InChI is InChI=1S/C14H13F3N2O2/c1-9(20)12-8-19(13(18-12)14(15,16)17)7-10-3-5-11(21-2)6-4-10/h3-6,8H,7H2,1-2H3. The van der Waals surface area contributed by atoms with Gasteiger partial charge in [0, 0.05) is 19.7 Å². The summed E-state index contributed by atoms with van der Waals surface area (Å²) in [5.41, 5.74) is 0.449. The molecule has 0 fully saturated rings. The molecule has 0 aliphatic carbocycles. The van der Waals surface area contributed by atoms with Crippen LogP contribution in [0, 0.1) is 0 Å². The van der Waals surface area contributed by atoms with E-state index in [0.29, 0.717) is 11.3 Å². The van der Waals surface area contributed by atoms with Crippen molar-refractivity contribution >= 4 is 5.78 Å². The topological polar surface area (TPSA) is 44.1 Å². The molecule has 0 aliphatic heterocycles. The van der Waals surface area contributed by atoms with Crippen molar-refractivity contribution in [3.8, 4) is 5.75 Å². The molecule has 21 heavy (non-hydrogen) atoms. The molecule has 2 rings (SSSR count). The monoisotopic (exact) mass is 298 g/mol. The van der Waals surface area contributed by atoms with Crippen LogP contribution in [0.2, 0.25) is 0 Å². The van der Waals surface area contributed by atoms with Gasteiger partial charge in [-0.1, -0.05) is 12.1 Å². The van der Waals surface area contributed by atoms with Gasteiger partial charge in [0.15, 0.2) is 5.78 Å². The second-order valence-electron chi connectivity index (χ2n) is 4.48. The number of carbonyl (C=O) groups is 1. The van der Waals surface area contributed by atoms with Gasteiger partial charge in [-0.3, -0.25) is 4.79 Å². The highest BCUT2D eigenvalue weighted by molar-refractivity contribution is 5.91. The fraction of sp³-hybridized carbons (Fsp3) is 0.286. The molecule has 0 aliphatic rings. The Balaban J connectivity index is 2.35. The summed E-state index contributed by atoms with van der Waals surface area (Å²) in [5, 5.41) is 0. The van der Waals surface area contributed by atoms with Gasteiger partial charge in [-0.2, -0.15) is 13.2 Å². The second kappa shape index (κ2) is 5.59. The number of hydrogen-bond donors (Lipinski definition) is 0. The third-order valence-corrected chi connectivity index (χ3v) is 2.90. The first-order valence-corrected chi connectivity index (χ1v) is 6.09. The summed E-state index contributed by atoms with van der Waals surface area (Å²) in [6.45, 7) is 1.15. The molecule has 1 heterocycles. The number of hydrogen-bond acceptors (Lipinski definition) is 3. The lowest BCUT2D eigenvalue weighted by Crippen LogP contribution is -2.15. The Kier molecular flexibility index (Phi) is 4.02. The molecule has 1 aromatic heterocycles. The summed E-state index contributed by atoms with van der Waals surface area (Å²) >= 11 is 0. The molecular formula is C14H13F3N2O2. The smallest absolute Gasteiger partial charge is 0.449 e. The third kappa shape index (κ3) is 3.42. The van der Waals surface area contributed by atoms with Crippen molar-refractivity contribution in [2.45, 2.75) is 19.6 Å². The van der Waals surface area contributed by atoms with Gasteiger partial charge in [0.05, 0.1) is 7.11 Å². The first kappa shape index (κ1) is 15.1. The minimum Gasteiger partial charge on any atom is -0.497 e. The first-order valence-electron chi connectivity index (χ1n) is 6.09. The maximum absolute atomic E-state index is 12.9. The molecule has 0 spiro atoms. The van der Waals surface area contributed by atoms with Crippen LogP contribution in [-0.4, -0.2) is 22.4 Å². The van der Waals surface area contributed by atoms with E-state index in [-0.39, 0.29) is 12.2 Å². The van der Waals surface area contributed by atoms with E-state index in [1.807, 2.05) is 0 Å². The minimum atomic E-state index is -4.61. The van der Waals surface area contributed by atoms with Gasteiger partial charge < -0.3 is 9.30 Å². The van der Waals surface area contributed by atoms with Gasteiger partial charge in [-0.15, -0.1) is 0 Å². The molecular weight excluding hydrogens is 285 g/mol. The normalized spacial score (nSPS) is 11.5. The fourth-order valence-corrected chi connectivity index (χ4v) is 1.86. The van der Waals surface area contributed by atoms with Crippen LogP contribution in [0.15, 0.2) is 30.5 Å². The number of methoxy groups -OCH3 is 1. The highest BCUT2D eigenvalue weighted by atomic mass is 19.4. The Hall–Kier alpha value is -2.31. The van der Waals surface area contributed by atoms with E-state index in [0.717, 1.165) is 10.8 Å². The molecule has 0 saturated carbocycles. The highest BCUT2D eigenvalue weighted by Gasteiger charge is 2.37. The lowest BCUT2D eigenvalue weighted by Gasteiger charge is -2.10. The Labute approximate surface area is 119 Å². The predicted molar refractivity (Wildman–Crippen MR) is 69.3 cm³/mol. The summed E-state index contributed by atoms with van der Waals surface area (Å²) in [4.78, 5) is 14.6. The number of aromatic nitrogens is 2. The zero-order valence-corrected chi connectivity index (χ0v) is 11.4. The molecule has 0 radical (unpaired) electrons. The largest absolute Gasteiger partial charge is 0.497 e. The Bertz CT molecular complexity index is 645. The van der Waals surface area contributed by atoms with E-state index in [2.05, 4.69) is 4.98 Å². The number of halogens is 3.